The molecule has 0 amide bonds. The van der Waals surface area contributed by atoms with Gasteiger partial charge in [0.25, 0.3) is 0 Å². The summed E-state index contributed by atoms with van der Waals surface area (Å²) in [6.07, 6.45) is 8.85. The van der Waals surface area contributed by atoms with E-state index in [-0.39, 0.29) is 0 Å². The van der Waals surface area contributed by atoms with Crippen LogP contribution in [0.3, 0.4) is 0 Å². The predicted molar refractivity (Wildman–Crippen MR) is 97.9 cm³/mol. The molecule has 0 bridgehead atoms. The smallest absolute Gasteiger partial charge is 0.193 e. The first kappa shape index (κ1) is 18.2. The quantitative estimate of drug-likeness (QED) is 0.458. The summed E-state index contributed by atoms with van der Waals surface area (Å²) >= 11 is 0. The molecule has 1 aromatic heterocycles. The van der Waals surface area contributed by atoms with Crippen LogP contribution in [0, 0.1) is 0 Å². The van der Waals surface area contributed by atoms with Crippen molar-refractivity contribution < 1.29 is 9.47 Å². The summed E-state index contributed by atoms with van der Waals surface area (Å²) in [4.78, 5) is 6.77. The highest BCUT2D eigenvalue weighted by atomic mass is 16.5. The molecule has 25 heavy (non-hydrogen) atoms. The number of rotatable bonds is 7. The monoisotopic (exact) mass is 349 g/mol. The lowest BCUT2D eigenvalue weighted by molar-refractivity contribution is 0.0168. The minimum Gasteiger partial charge on any atom is -0.379 e. The van der Waals surface area contributed by atoms with Gasteiger partial charge in [-0.3, -0.25) is 9.67 Å². The van der Waals surface area contributed by atoms with Gasteiger partial charge in [0.1, 0.15) is 0 Å². The van der Waals surface area contributed by atoms with E-state index in [2.05, 4.69) is 26.5 Å². The van der Waals surface area contributed by atoms with Crippen molar-refractivity contribution >= 4 is 5.96 Å². The zero-order valence-corrected chi connectivity index (χ0v) is 15.5. The van der Waals surface area contributed by atoms with Gasteiger partial charge in [-0.15, -0.1) is 0 Å². The summed E-state index contributed by atoms with van der Waals surface area (Å²) in [5.74, 6) is 1.53. The van der Waals surface area contributed by atoms with Gasteiger partial charge < -0.3 is 19.7 Å². The SMILES string of the molecule is CN=C(NCCCOCC1CCCO1)N1CCC(c2cnn(C)c2)C1. The van der Waals surface area contributed by atoms with Gasteiger partial charge >= 0.3 is 0 Å². The number of likely N-dealkylation sites (tertiary alicyclic amines) is 1. The third-order valence-corrected chi connectivity index (χ3v) is 4.97. The van der Waals surface area contributed by atoms with Crippen LogP contribution in [0.5, 0.6) is 0 Å². The number of aryl methyl sites for hydroxylation is 1. The third kappa shape index (κ3) is 5.19. The lowest BCUT2D eigenvalue weighted by Gasteiger charge is -2.21. The van der Waals surface area contributed by atoms with Crippen LogP contribution in [0.1, 0.15) is 37.2 Å². The molecule has 1 N–H and O–H groups in total. The van der Waals surface area contributed by atoms with Crippen molar-refractivity contribution in [3.8, 4) is 0 Å². The Hall–Kier alpha value is -1.60. The number of ether oxygens (including phenoxy) is 2. The van der Waals surface area contributed by atoms with Crippen molar-refractivity contribution in [3.05, 3.63) is 18.0 Å². The van der Waals surface area contributed by atoms with Crippen molar-refractivity contribution in [2.45, 2.75) is 37.7 Å². The Kier molecular flexibility index (Phi) is 6.69. The Labute approximate surface area is 150 Å². The van der Waals surface area contributed by atoms with Crippen molar-refractivity contribution in [2.75, 3.05) is 46.5 Å². The highest BCUT2D eigenvalue weighted by Crippen LogP contribution is 2.26. The molecular weight excluding hydrogens is 318 g/mol. The Morgan fingerprint density at radius 3 is 3.12 bits per heavy atom. The largest absolute Gasteiger partial charge is 0.379 e. The van der Waals surface area contributed by atoms with E-state index in [0.717, 1.165) is 64.7 Å². The Bertz CT molecular complexity index is 553. The highest BCUT2D eigenvalue weighted by molar-refractivity contribution is 5.80. The van der Waals surface area contributed by atoms with E-state index in [0.29, 0.717) is 12.0 Å². The molecule has 2 atom stereocenters. The zero-order valence-electron chi connectivity index (χ0n) is 15.5. The van der Waals surface area contributed by atoms with E-state index < -0.39 is 0 Å². The average Bonchev–Trinajstić information content (AvgIpc) is 3.35. The maximum absolute atomic E-state index is 5.71. The topological polar surface area (TPSA) is 63.9 Å². The Morgan fingerprint density at radius 2 is 2.40 bits per heavy atom. The fourth-order valence-corrected chi connectivity index (χ4v) is 3.57. The summed E-state index contributed by atoms with van der Waals surface area (Å²) < 4.78 is 13.1. The number of aliphatic imine (C=N–C) groups is 1. The average molecular weight is 349 g/mol. The van der Waals surface area contributed by atoms with Crippen molar-refractivity contribution in [2.24, 2.45) is 12.0 Å². The number of aromatic nitrogens is 2. The molecule has 2 fully saturated rings. The molecule has 0 aliphatic carbocycles. The maximum atomic E-state index is 5.71. The summed E-state index contributed by atoms with van der Waals surface area (Å²) in [6, 6.07) is 0. The second-order valence-electron chi connectivity index (χ2n) is 6.92. The van der Waals surface area contributed by atoms with Gasteiger partial charge in [-0.05, 0) is 31.2 Å². The van der Waals surface area contributed by atoms with Crippen LogP contribution in [0.2, 0.25) is 0 Å². The van der Waals surface area contributed by atoms with Crippen LogP contribution in [0.15, 0.2) is 17.4 Å². The van der Waals surface area contributed by atoms with E-state index in [4.69, 9.17) is 9.47 Å². The van der Waals surface area contributed by atoms with Gasteiger partial charge in [-0.1, -0.05) is 0 Å². The van der Waals surface area contributed by atoms with Gasteiger partial charge in [0.15, 0.2) is 5.96 Å². The fraction of sp³-hybridized carbons (Fsp3) is 0.778. The molecule has 1 aromatic rings. The van der Waals surface area contributed by atoms with Crippen LogP contribution in [-0.2, 0) is 16.5 Å². The van der Waals surface area contributed by atoms with E-state index in [9.17, 15) is 0 Å². The number of nitrogens with zero attached hydrogens (tertiary/aromatic N) is 4. The zero-order chi connectivity index (χ0) is 17.5. The van der Waals surface area contributed by atoms with Gasteiger partial charge in [0.05, 0.1) is 18.9 Å². The molecule has 3 rings (SSSR count). The predicted octanol–water partition coefficient (Wildman–Crippen LogP) is 1.37. The molecule has 2 aliphatic heterocycles. The molecule has 3 heterocycles. The summed E-state index contributed by atoms with van der Waals surface area (Å²) in [5, 5.41) is 7.75. The van der Waals surface area contributed by atoms with Gasteiger partial charge in [-0.2, -0.15) is 5.10 Å². The number of hydrogen-bond donors (Lipinski definition) is 1. The second-order valence-corrected chi connectivity index (χ2v) is 6.92. The molecule has 2 saturated heterocycles. The van der Waals surface area contributed by atoms with Crippen LogP contribution < -0.4 is 5.32 Å². The molecular formula is C18H31N5O2. The van der Waals surface area contributed by atoms with Crippen LogP contribution in [0.4, 0.5) is 0 Å². The number of hydrogen-bond acceptors (Lipinski definition) is 4. The summed E-state index contributed by atoms with van der Waals surface area (Å²) in [6.45, 7) is 5.31. The first-order valence-electron chi connectivity index (χ1n) is 9.39. The van der Waals surface area contributed by atoms with Crippen molar-refractivity contribution in [3.63, 3.8) is 0 Å². The molecule has 0 spiro atoms. The third-order valence-electron chi connectivity index (χ3n) is 4.97. The van der Waals surface area contributed by atoms with Gasteiger partial charge in [0.2, 0.25) is 0 Å². The number of guanidine groups is 1. The first-order valence-corrected chi connectivity index (χ1v) is 9.39. The molecule has 2 unspecified atom stereocenters. The maximum Gasteiger partial charge on any atom is 0.193 e. The van der Waals surface area contributed by atoms with Crippen LogP contribution in [0.25, 0.3) is 0 Å². The molecule has 0 saturated carbocycles. The molecule has 7 nitrogen and oxygen atoms in total. The summed E-state index contributed by atoms with van der Waals surface area (Å²) in [5.41, 5.74) is 1.32. The molecule has 0 aromatic carbocycles. The molecule has 140 valence electrons. The van der Waals surface area contributed by atoms with Crippen LogP contribution >= 0.6 is 0 Å². The molecule has 7 heteroatoms. The lowest BCUT2D eigenvalue weighted by atomic mass is 10.0. The minimum absolute atomic E-state index is 0.315. The Balaban J connectivity index is 1.32. The lowest BCUT2D eigenvalue weighted by Crippen LogP contribution is -2.40. The molecule has 0 radical (unpaired) electrons. The molecule has 2 aliphatic rings. The van der Waals surface area contributed by atoms with Crippen LogP contribution in [-0.4, -0.2) is 73.2 Å². The van der Waals surface area contributed by atoms with Crippen molar-refractivity contribution in [1.82, 2.24) is 20.0 Å². The normalized spacial score (nSPS) is 24.2. The van der Waals surface area contributed by atoms with Gasteiger partial charge in [0, 0.05) is 59.1 Å². The number of nitrogens with one attached hydrogen (secondary N) is 1. The minimum atomic E-state index is 0.315. The Morgan fingerprint density at radius 1 is 1.48 bits per heavy atom. The van der Waals surface area contributed by atoms with Gasteiger partial charge in [-0.25, -0.2) is 0 Å². The fourth-order valence-electron chi connectivity index (χ4n) is 3.57. The van der Waals surface area contributed by atoms with E-state index >= 15 is 0 Å². The van der Waals surface area contributed by atoms with E-state index in [1.54, 1.807) is 0 Å². The highest BCUT2D eigenvalue weighted by Gasteiger charge is 2.26. The van der Waals surface area contributed by atoms with E-state index in [1.807, 2.05) is 25.0 Å². The summed E-state index contributed by atoms with van der Waals surface area (Å²) in [7, 11) is 3.82. The second kappa shape index (κ2) is 9.20. The standard InChI is InChI=1S/C18H31N5O2/c1-19-18(20-7-4-9-24-14-17-5-3-10-25-17)23-8-6-15(13-23)16-11-21-22(2)12-16/h11-12,15,17H,3-10,13-14H2,1-2H3,(H,19,20). The van der Waals surface area contributed by atoms with E-state index in [1.165, 1.54) is 12.0 Å². The first-order chi connectivity index (χ1) is 12.3. The van der Waals surface area contributed by atoms with Crippen molar-refractivity contribution in [1.29, 1.82) is 0 Å².